The normalized spacial score (nSPS) is 19.3. The Morgan fingerprint density at radius 2 is 1.85 bits per heavy atom. The van der Waals surface area contributed by atoms with Crippen molar-refractivity contribution in [2.24, 2.45) is 5.41 Å². The van der Waals surface area contributed by atoms with Crippen molar-refractivity contribution < 1.29 is 18.0 Å². The van der Waals surface area contributed by atoms with Crippen LogP contribution in [0.4, 0.5) is 13.2 Å². The average molecular weight is 572 g/mol. The zero-order valence-electron chi connectivity index (χ0n) is 24.0. The van der Waals surface area contributed by atoms with Crippen molar-refractivity contribution >= 4 is 28.8 Å². The van der Waals surface area contributed by atoms with Gasteiger partial charge in [-0.05, 0) is 56.8 Å². The molecule has 0 aromatic carbocycles. The molecule has 0 radical (unpaired) electrons. The number of carbonyl (C=O) groups is 1. The van der Waals surface area contributed by atoms with E-state index in [-0.39, 0.29) is 35.7 Å². The number of amides is 1. The zero-order valence-corrected chi connectivity index (χ0v) is 24.8. The van der Waals surface area contributed by atoms with Crippen LogP contribution in [0.3, 0.4) is 0 Å². The number of allylic oxidation sites excluding steroid dienone is 8. The first-order valence-electron chi connectivity index (χ1n) is 13.0. The third-order valence-corrected chi connectivity index (χ3v) is 5.58. The van der Waals surface area contributed by atoms with E-state index in [2.05, 4.69) is 15.7 Å². The van der Waals surface area contributed by atoms with E-state index in [1.165, 1.54) is 10.6 Å². The summed E-state index contributed by atoms with van der Waals surface area (Å²) in [6, 6.07) is -0.943. The molecule has 1 unspecified atom stereocenters. The van der Waals surface area contributed by atoms with E-state index in [0.29, 0.717) is 23.7 Å². The Morgan fingerprint density at radius 1 is 1.21 bits per heavy atom. The quantitative estimate of drug-likeness (QED) is 0.346. The third-order valence-electron chi connectivity index (χ3n) is 5.47. The van der Waals surface area contributed by atoms with Gasteiger partial charge in [0.15, 0.2) is 5.82 Å². The molecular formula is C28H41ClF3N5O2. The highest BCUT2D eigenvalue weighted by atomic mass is 35.5. The van der Waals surface area contributed by atoms with Gasteiger partial charge in [0.25, 0.3) is 0 Å². The highest BCUT2D eigenvalue weighted by molar-refractivity contribution is 6.29. The number of rotatable bonds is 8. The van der Waals surface area contributed by atoms with Crippen LogP contribution in [0.25, 0.3) is 11.3 Å². The van der Waals surface area contributed by atoms with E-state index in [9.17, 15) is 22.8 Å². The SMILES string of the molecule is C/C(Cl)=C\NC/C=C(\C)c1nn(C(C)C(=O)NCC(C)(C)C)c(=O)n1C1=C/C=C(/C(F)(F)F)CC/C=C\1.CC. The fraction of sp³-hybridized carbons (Fsp3) is 0.536. The first-order chi connectivity index (χ1) is 18.1. The summed E-state index contributed by atoms with van der Waals surface area (Å²) in [7, 11) is 0. The average Bonchev–Trinajstić information content (AvgIpc) is 3.16. The van der Waals surface area contributed by atoms with Crippen LogP contribution in [0.1, 0.15) is 80.1 Å². The lowest BCUT2D eigenvalue weighted by Crippen LogP contribution is -2.40. The van der Waals surface area contributed by atoms with E-state index in [1.807, 2.05) is 34.6 Å². The lowest BCUT2D eigenvalue weighted by molar-refractivity contribution is -0.124. The molecule has 1 heterocycles. The van der Waals surface area contributed by atoms with Gasteiger partial charge in [-0.25, -0.2) is 14.0 Å². The molecule has 2 N–H and O–H groups in total. The molecule has 1 aliphatic rings. The molecule has 39 heavy (non-hydrogen) atoms. The maximum Gasteiger partial charge on any atom is 0.412 e. The van der Waals surface area contributed by atoms with Gasteiger partial charge >= 0.3 is 11.9 Å². The second-order valence-electron chi connectivity index (χ2n) is 10.1. The number of hydrogen-bond donors (Lipinski definition) is 2. The monoisotopic (exact) mass is 571 g/mol. The molecule has 0 saturated heterocycles. The maximum atomic E-state index is 13.5. The summed E-state index contributed by atoms with van der Waals surface area (Å²) in [6.07, 6.45) is 4.34. The summed E-state index contributed by atoms with van der Waals surface area (Å²) < 4.78 is 42.4. The number of nitrogens with zero attached hydrogens (tertiary/aromatic N) is 3. The van der Waals surface area contributed by atoms with Crippen LogP contribution >= 0.6 is 11.6 Å². The van der Waals surface area contributed by atoms with Crippen molar-refractivity contribution in [3.8, 4) is 0 Å². The van der Waals surface area contributed by atoms with Crippen molar-refractivity contribution in [1.82, 2.24) is 25.0 Å². The summed E-state index contributed by atoms with van der Waals surface area (Å²) >= 11 is 5.83. The number of hydrogen-bond acceptors (Lipinski definition) is 4. The number of carbonyl (C=O) groups excluding carboxylic acids is 1. The topological polar surface area (TPSA) is 81.0 Å². The van der Waals surface area contributed by atoms with Crippen LogP contribution in [-0.4, -0.2) is 39.5 Å². The summed E-state index contributed by atoms with van der Waals surface area (Å²) in [6.45, 7) is 15.7. The molecule has 1 aromatic rings. The molecule has 7 nitrogen and oxygen atoms in total. The highest BCUT2D eigenvalue weighted by Crippen LogP contribution is 2.31. The molecule has 0 aliphatic heterocycles. The van der Waals surface area contributed by atoms with Gasteiger partial charge in [0.2, 0.25) is 5.91 Å². The van der Waals surface area contributed by atoms with Crippen LogP contribution in [0.5, 0.6) is 0 Å². The first kappa shape index (κ1) is 34.0. The summed E-state index contributed by atoms with van der Waals surface area (Å²) in [4.78, 5) is 26.3. The lowest BCUT2D eigenvalue weighted by atomic mass is 9.97. The summed E-state index contributed by atoms with van der Waals surface area (Å²) in [5.74, 6) is -0.173. The Labute approximate surface area is 234 Å². The van der Waals surface area contributed by atoms with Crippen LogP contribution in [0, 0.1) is 5.41 Å². The Balaban J connectivity index is 0.00000371. The van der Waals surface area contributed by atoms with E-state index < -0.39 is 23.5 Å². The Hall–Kier alpha value is -3.01. The fourth-order valence-electron chi connectivity index (χ4n) is 3.39. The molecule has 1 atom stereocenters. The molecule has 1 amide bonds. The van der Waals surface area contributed by atoms with Gasteiger partial charge in [-0.3, -0.25) is 4.79 Å². The predicted octanol–water partition coefficient (Wildman–Crippen LogP) is 6.57. The number of aromatic nitrogens is 3. The van der Waals surface area contributed by atoms with Crippen LogP contribution in [-0.2, 0) is 4.79 Å². The third kappa shape index (κ3) is 10.6. The van der Waals surface area contributed by atoms with Gasteiger partial charge in [0, 0.05) is 29.9 Å². The van der Waals surface area contributed by atoms with Gasteiger partial charge in [0.1, 0.15) is 6.04 Å². The Bertz CT molecular complexity index is 1190. The molecule has 0 bridgehead atoms. The molecule has 0 saturated carbocycles. The van der Waals surface area contributed by atoms with E-state index in [4.69, 9.17) is 11.6 Å². The molecule has 1 aromatic heterocycles. The zero-order chi connectivity index (χ0) is 30.0. The minimum Gasteiger partial charge on any atom is -0.386 e. The second-order valence-corrected chi connectivity index (χ2v) is 10.7. The number of nitrogens with one attached hydrogen (secondary N) is 2. The van der Waals surface area contributed by atoms with Gasteiger partial charge in [-0.2, -0.15) is 13.2 Å². The van der Waals surface area contributed by atoms with Crippen LogP contribution < -0.4 is 16.3 Å². The molecule has 1 aliphatic carbocycles. The first-order valence-corrected chi connectivity index (χ1v) is 13.4. The summed E-state index contributed by atoms with van der Waals surface area (Å²) in [5, 5.41) is 10.8. The molecule has 11 heteroatoms. The molecule has 0 fully saturated rings. The van der Waals surface area contributed by atoms with Crippen molar-refractivity contribution in [2.45, 2.75) is 80.4 Å². The van der Waals surface area contributed by atoms with Gasteiger partial charge in [-0.1, -0.05) is 64.4 Å². The molecular weight excluding hydrogens is 531 g/mol. The van der Waals surface area contributed by atoms with E-state index in [0.717, 1.165) is 10.8 Å². The van der Waals surface area contributed by atoms with Crippen LogP contribution in [0.15, 0.2) is 52.0 Å². The smallest absolute Gasteiger partial charge is 0.386 e. The highest BCUT2D eigenvalue weighted by Gasteiger charge is 2.33. The van der Waals surface area contributed by atoms with Gasteiger partial charge < -0.3 is 10.6 Å². The number of halogens is 4. The number of alkyl halides is 3. The Morgan fingerprint density at radius 3 is 2.41 bits per heavy atom. The van der Waals surface area contributed by atoms with E-state index >= 15 is 0 Å². The minimum absolute atomic E-state index is 0.159. The lowest BCUT2D eigenvalue weighted by Gasteiger charge is -2.20. The maximum absolute atomic E-state index is 13.5. The minimum atomic E-state index is -4.47. The molecule has 0 spiro atoms. The Kier molecular flexibility index (Phi) is 13.0. The standard InChI is InChI=1S/C26H35ClF3N5O2.C2H6/c1-17(13-14-31-15-18(2)27)22-33-35(19(3)23(36)32-16-25(4,5)6)24(37)34(22)21-10-8-7-9-20(11-12-21)26(28,29)30;1-2/h8,10-13,15,19,31H,7,9,14,16H2,1-6H3,(H,32,36);1-2H3/b10-8-,17-13+,18-15+,20-11+,21-12+;. The van der Waals surface area contributed by atoms with Crippen molar-refractivity contribution in [3.05, 3.63) is 63.5 Å². The van der Waals surface area contributed by atoms with Gasteiger partial charge in [0.05, 0.1) is 5.70 Å². The van der Waals surface area contributed by atoms with Crippen molar-refractivity contribution in [1.29, 1.82) is 0 Å². The van der Waals surface area contributed by atoms with Crippen molar-refractivity contribution in [3.63, 3.8) is 0 Å². The second kappa shape index (κ2) is 15.0. The molecule has 2 rings (SSSR count). The fourth-order valence-corrected chi connectivity index (χ4v) is 3.47. The van der Waals surface area contributed by atoms with Crippen molar-refractivity contribution in [2.75, 3.05) is 13.1 Å². The largest absolute Gasteiger partial charge is 0.412 e. The van der Waals surface area contributed by atoms with Crippen LogP contribution in [0.2, 0.25) is 0 Å². The van der Waals surface area contributed by atoms with Gasteiger partial charge in [-0.15, -0.1) is 5.10 Å². The molecule has 218 valence electrons. The predicted molar refractivity (Wildman–Crippen MR) is 153 cm³/mol. The van der Waals surface area contributed by atoms with E-state index in [1.54, 1.807) is 45.2 Å². The summed E-state index contributed by atoms with van der Waals surface area (Å²) in [5.41, 5.74) is -0.686.